The standard InChI is InChI=1S/C15H20O4S/c1-10(2)15(6-13(17)5-14(18)19-15)4-3-11-8-20-9-12(11)7-16/h5,8-10,16-17H,3-4,6-7H2,1-2H3. The predicted octanol–water partition coefficient (Wildman–Crippen LogP) is 2.96. The number of esters is 1. The Labute approximate surface area is 122 Å². The highest BCUT2D eigenvalue weighted by Gasteiger charge is 2.41. The number of aryl methyl sites for hydroxylation is 1. The summed E-state index contributed by atoms with van der Waals surface area (Å²) in [6.07, 6.45) is 2.86. The summed E-state index contributed by atoms with van der Waals surface area (Å²) < 4.78 is 5.54. The van der Waals surface area contributed by atoms with Crippen LogP contribution in [0.25, 0.3) is 0 Å². The molecule has 0 saturated carbocycles. The van der Waals surface area contributed by atoms with Crippen LogP contribution < -0.4 is 0 Å². The zero-order valence-electron chi connectivity index (χ0n) is 11.8. The van der Waals surface area contributed by atoms with Crippen molar-refractivity contribution in [3.8, 4) is 0 Å². The second-order valence-electron chi connectivity index (χ2n) is 5.53. The van der Waals surface area contributed by atoms with Crippen molar-refractivity contribution in [2.75, 3.05) is 0 Å². The fourth-order valence-electron chi connectivity index (χ4n) is 2.56. The van der Waals surface area contributed by atoms with Gasteiger partial charge < -0.3 is 14.9 Å². The minimum absolute atomic E-state index is 0.0262. The van der Waals surface area contributed by atoms with Gasteiger partial charge in [0.05, 0.1) is 12.7 Å². The molecule has 1 aliphatic rings. The van der Waals surface area contributed by atoms with Crippen LogP contribution in [-0.2, 0) is 22.6 Å². The van der Waals surface area contributed by atoms with Crippen molar-refractivity contribution in [3.05, 3.63) is 33.7 Å². The van der Waals surface area contributed by atoms with Gasteiger partial charge in [0.1, 0.15) is 11.4 Å². The van der Waals surface area contributed by atoms with Crippen LogP contribution in [0, 0.1) is 5.92 Å². The van der Waals surface area contributed by atoms with Gasteiger partial charge in [0.15, 0.2) is 0 Å². The Hall–Kier alpha value is -1.33. The van der Waals surface area contributed by atoms with E-state index in [-0.39, 0.29) is 18.3 Å². The van der Waals surface area contributed by atoms with Gasteiger partial charge in [0, 0.05) is 6.42 Å². The first-order valence-corrected chi connectivity index (χ1v) is 7.68. The molecule has 2 N–H and O–H groups in total. The van der Waals surface area contributed by atoms with Gasteiger partial charge in [-0.25, -0.2) is 4.79 Å². The average molecular weight is 296 g/mol. The van der Waals surface area contributed by atoms with E-state index in [4.69, 9.17) is 4.74 Å². The van der Waals surface area contributed by atoms with Gasteiger partial charge in [-0.2, -0.15) is 11.3 Å². The number of rotatable bonds is 5. The van der Waals surface area contributed by atoms with E-state index >= 15 is 0 Å². The molecular formula is C15H20O4S. The lowest BCUT2D eigenvalue weighted by Crippen LogP contribution is -2.43. The zero-order chi connectivity index (χ0) is 14.8. The van der Waals surface area contributed by atoms with Crippen LogP contribution in [0.4, 0.5) is 0 Å². The van der Waals surface area contributed by atoms with E-state index in [1.54, 1.807) is 11.3 Å². The third-order valence-electron chi connectivity index (χ3n) is 3.94. The molecule has 20 heavy (non-hydrogen) atoms. The molecule has 0 spiro atoms. The molecule has 5 heteroatoms. The van der Waals surface area contributed by atoms with Gasteiger partial charge in [0.25, 0.3) is 0 Å². The lowest BCUT2D eigenvalue weighted by Gasteiger charge is -2.39. The summed E-state index contributed by atoms with van der Waals surface area (Å²) in [6.45, 7) is 4.01. The number of cyclic esters (lactones) is 1. The molecule has 2 rings (SSSR count). The van der Waals surface area contributed by atoms with E-state index in [9.17, 15) is 15.0 Å². The number of ether oxygens (including phenoxy) is 1. The van der Waals surface area contributed by atoms with Crippen molar-refractivity contribution in [2.45, 2.75) is 45.3 Å². The molecule has 2 heterocycles. The van der Waals surface area contributed by atoms with Crippen molar-refractivity contribution in [1.82, 2.24) is 0 Å². The van der Waals surface area contributed by atoms with Crippen LogP contribution in [0.15, 0.2) is 22.6 Å². The number of hydrogen-bond acceptors (Lipinski definition) is 5. The highest BCUT2D eigenvalue weighted by Crippen LogP contribution is 2.37. The summed E-state index contributed by atoms with van der Waals surface area (Å²) in [5, 5.41) is 23.0. The second kappa shape index (κ2) is 5.97. The van der Waals surface area contributed by atoms with Crippen LogP contribution in [0.2, 0.25) is 0 Å². The van der Waals surface area contributed by atoms with Gasteiger partial charge >= 0.3 is 5.97 Å². The lowest BCUT2D eigenvalue weighted by molar-refractivity contribution is -0.163. The molecule has 1 unspecified atom stereocenters. The maximum absolute atomic E-state index is 11.6. The largest absolute Gasteiger partial charge is 0.512 e. The first-order valence-electron chi connectivity index (χ1n) is 6.74. The zero-order valence-corrected chi connectivity index (χ0v) is 12.6. The van der Waals surface area contributed by atoms with E-state index < -0.39 is 11.6 Å². The number of thiophene rings is 1. The SMILES string of the molecule is CC(C)C1(CCc2cscc2CO)CC(O)=CC(=O)O1. The minimum atomic E-state index is -0.662. The fraction of sp³-hybridized carbons (Fsp3) is 0.533. The number of aliphatic hydroxyl groups excluding tert-OH is 2. The Balaban J connectivity index is 2.15. The number of carbonyl (C=O) groups is 1. The van der Waals surface area contributed by atoms with E-state index in [0.717, 1.165) is 23.6 Å². The van der Waals surface area contributed by atoms with Crippen LogP contribution in [0.3, 0.4) is 0 Å². The van der Waals surface area contributed by atoms with E-state index in [0.29, 0.717) is 12.8 Å². The van der Waals surface area contributed by atoms with Crippen LogP contribution >= 0.6 is 11.3 Å². The van der Waals surface area contributed by atoms with Crippen molar-refractivity contribution < 1.29 is 19.7 Å². The van der Waals surface area contributed by atoms with Crippen LogP contribution in [0.5, 0.6) is 0 Å². The van der Waals surface area contributed by atoms with Gasteiger partial charge in [-0.05, 0) is 40.6 Å². The Morgan fingerprint density at radius 2 is 2.10 bits per heavy atom. The van der Waals surface area contributed by atoms with Crippen molar-refractivity contribution >= 4 is 17.3 Å². The molecule has 1 atom stereocenters. The van der Waals surface area contributed by atoms with Crippen molar-refractivity contribution in [1.29, 1.82) is 0 Å². The summed E-state index contributed by atoms with van der Waals surface area (Å²) in [4.78, 5) is 11.6. The molecule has 0 amide bonds. The van der Waals surface area contributed by atoms with Gasteiger partial charge in [0.2, 0.25) is 0 Å². The van der Waals surface area contributed by atoms with Crippen LogP contribution in [0.1, 0.15) is 37.8 Å². The number of hydrogen-bond donors (Lipinski definition) is 2. The maximum Gasteiger partial charge on any atom is 0.334 e. The van der Waals surface area contributed by atoms with E-state index in [1.165, 1.54) is 0 Å². The fourth-order valence-corrected chi connectivity index (χ4v) is 3.46. The third kappa shape index (κ3) is 3.04. The Morgan fingerprint density at radius 1 is 1.40 bits per heavy atom. The average Bonchev–Trinajstić information content (AvgIpc) is 2.82. The summed E-state index contributed by atoms with van der Waals surface area (Å²) in [6, 6.07) is 0. The quantitative estimate of drug-likeness (QED) is 0.820. The van der Waals surface area contributed by atoms with Gasteiger partial charge in [-0.3, -0.25) is 0 Å². The van der Waals surface area contributed by atoms with Crippen molar-refractivity contribution in [3.63, 3.8) is 0 Å². The third-order valence-corrected chi connectivity index (χ3v) is 4.78. The minimum Gasteiger partial charge on any atom is -0.512 e. The maximum atomic E-state index is 11.6. The monoisotopic (exact) mass is 296 g/mol. The predicted molar refractivity (Wildman–Crippen MR) is 77.6 cm³/mol. The molecule has 0 aliphatic carbocycles. The number of aliphatic hydroxyl groups is 2. The summed E-state index contributed by atoms with van der Waals surface area (Å²) >= 11 is 1.56. The molecule has 0 bridgehead atoms. The van der Waals surface area contributed by atoms with E-state index in [1.807, 2.05) is 24.6 Å². The summed E-state index contributed by atoms with van der Waals surface area (Å²) in [7, 11) is 0. The molecule has 0 radical (unpaired) electrons. The molecule has 1 aliphatic heterocycles. The molecule has 0 saturated heterocycles. The molecule has 1 aromatic rings. The first kappa shape index (κ1) is 15.1. The Morgan fingerprint density at radius 3 is 2.70 bits per heavy atom. The molecule has 4 nitrogen and oxygen atoms in total. The second-order valence-corrected chi connectivity index (χ2v) is 6.28. The number of carbonyl (C=O) groups excluding carboxylic acids is 1. The van der Waals surface area contributed by atoms with Gasteiger partial charge in [-0.1, -0.05) is 13.8 Å². The Kier molecular flexibility index (Phi) is 4.50. The Bertz CT molecular complexity index is 518. The molecule has 0 fully saturated rings. The van der Waals surface area contributed by atoms with Gasteiger partial charge in [-0.15, -0.1) is 0 Å². The molecule has 1 aromatic heterocycles. The smallest absolute Gasteiger partial charge is 0.334 e. The lowest BCUT2D eigenvalue weighted by atomic mass is 9.80. The summed E-state index contributed by atoms with van der Waals surface area (Å²) in [5.74, 6) is -0.281. The summed E-state index contributed by atoms with van der Waals surface area (Å²) in [5.41, 5.74) is 1.35. The molecular weight excluding hydrogens is 276 g/mol. The van der Waals surface area contributed by atoms with Crippen LogP contribution in [-0.4, -0.2) is 21.8 Å². The normalized spacial score (nSPS) is 22.8. The highest BCUT2D eigenvalue weighted by atomic mass is 32.1. The highest BCUT2D eigenvalue weighted by molar-refractivity contribution is 7.08. The molecule has 0 aromatic carbocycles. The molecule has 110 valence electrons. The van der Waals surface area contributed by atoms with E-state index in [2.05, 4.69) is 0 Å². The van der Waals surface area contributed by atoms with Crippen molar-refractivity contribution in [2.24, 2.45) is 5.92 Å². The topological polar surface area (TPSA) is 66.8 Å². The first-order chi connectivity index (χ1) is 9.47.